The zero-order valence-corrected chi connectivity index (χ0v) is 11.5. The molecule has 0 aliphatic carbocycles. The Balaban J connectivity index is -0.000000131. The van der Waals surface area contributed by atoms with E-state index in [4.69, 9.17) is 9.84 Å². The molecule has 6 N–H and O–H groups in total. The molecule has 94 valence electrons. The smallest absolute Gasteiger partial charge is 1.00 e. The summed E-state index contributed by atoms with van der Waals surface area (Å²) >= 11 is 0. The molecule has 0 amide bonds. The molecule has 1 aromatic rings. The van der Waals surface area contributed by atoms with Gasteiger partial charge in [0.05, 0.1) is 7.11 Å². The predicted molar refractivity (Wildman–Crippen MR) is 66.5 cm³/mol. The molecule has 0 atom stereocenters. The summed E-state index contributed by atoms with van der Waals surface area (Å²) in [6, 6.07) is 4.59. The minimum Gasteiger partial charge on any atom is -1.00 e. The molecule has 0 aliphatic rings. The quantitative estimate of drug-likeness (QED) is 0.577. The van der Waals surface area contributed by atoms with Crippen molar-refractivity contribution in [2.45, 2.75) is 0 Å². The summed E-state index contributed by atoms with van der Waals surface area (Å²) < 4.78 is 4.86. The van der Waals surface area contributed by atoms with Gasteiger partial charge in [0, 0.05) is 6.08 Å². The molecule has 0 spiro atoms. The Kier molecular flexibility index (Phi) is 13.1. The molecule has 7 heteroatoms. The zero-order valence-electron chi connectivity index (χ0n) is 11.3. The van der Waals surface area contributed by atoms with Crippen LogP contribution in [0, 0.1) is 0 Å². The summed E-state index contributed by atoms with van der Waals surface area (Å²) in [6.45, 7) is 0. The summed E-state index contributed by atoms with van der Waals surface area (Å²) in [5, 5.41) is 17.6. The van der Waals surface area contributed by atoms with Crippen LogP contribution in [-0.2, 0) is 4.79 Å². The number of carboxylic acid groups (broad SMARTS) is 1. The number of rotatable bonds is 3. The van der Waals surface area contributed by atoms with E-state index in [1.54, 1.807) is 12.1 Å². The van der Waals surface area contributed by atoms with E-state index in [0.717, 1.165) is 6.08 Å². The van der Waals surface area contributed by atoms with E-state index in [9.17, 15) is 9.90 Å². The van der Waals surface area contributed by atoms with Crippen molar-refractivity contribution in [1.82, 2.24) is 0 Å². The first kappa shape index (κ1) is 21.5. The number of aromatic hydroxyl groups is 1. The minimum absolute atomic E-state index is 0. The van der Waals surface area contributed by atoms with Gasteiger partial charge in [-0.05, 0) is 23.8 Å². The molecule has 1 aromatic carbocycles. The molecule has 1 rings (SSSR count). The van der Waals surface area contributed by atoms with Crippen molar-refractivity contribution in [3.8, 4) is 11.5 Å². The van der Waals surface area contributed by atoms with Crippen molar-refractivity contribution in [1.29, 1.82) is 0 Å². The Morgan fingerprint density at radius 2 is 2.00 bits per heavy atom. The van der Waals surface area contributed by atoms with Gasteiger partial charge in [-0.3, -0.25) is 0 Å². The van der Waals surface area contributed by atoms with E-state index < -0.39 is 5.97 Å². The van der Waals surface area contributed by atoms with Crippen LogP contribution in [0.3, 0.4) is 0 Å². The fourth-order valence-corrected chi connectivity index (χ4v) is 0.965. The molecule has 0 radical (unpaired) electrons. The van der Waals surface area contributed by atoms with Gasteiger partial charge in [-0.25, -0.2) is 4.79 Å². The standard InChI is InChI=1S/C10H10O4.Ca.2H2O.2H/c1-14-9-6-7(2-4-8(9)11)3-5-10(12)13;;;;;/h2-6,11H,1H3,(H,12,13);;2*1H2;;/q;+2;;;2*-1. The van der Waals surface area contributed by atoms with Crippen LogP contribution in [-0.4, -0.2) is 72.0 Å². The van der Waals surface area contributed by atoms with Crippen molar-refractivity contribution < 1.29 is 33.6 Å². The third-order valence-corrected chi connectivity index (χ3v) is 1.62. The number of aliphatic carboxylic acids is 1. The number of carboxylic acids is 1. The number of methoxy groups -OCH3 is 1. The van der Waals surface area contributed by atoms with E-state index in [-0.39, 0.29) is 57.3 Å². The number of hydrogen-bond donors (Lipinski definition) is 2. The minimum atomic E-state index is -1.02. The Labute approximate surface area is 131 Å². The molecule has 0 aromatic heterocycles. The van der Waals surface area contributed by atoms with Gasteiger partial charge in [0.15, 0.2) is 11.5 Å². The van der Waals surface area contributed by atoms with E-state index in [1.807, 2.05) is 0 Å². The number of ether oxygens (including phenoxy) is 1. The second-order valence-corrected chi connectivity index (χ2v) is 2.60. The second-order valence-electron chi connectivity index (χ2n) is 2.60. The maximum absolute atomic E-state index is 10.2. The monoisotopic (exact) mass is 272 g/mol. The maximum atomic E-state index is 10.2. The summed E-state index contributed by atoms with van der Waals surface area (Å²) in [5.41, 5.74) is 0.655. The largest absolute Gasteiger partial charge is 2.00 e. The number of phenols is 1. The van der Waals surface area contributed by atoms with Gasteiger partial charge in [0.25, 0.3) is 0 Å². The van der Waals surface area contributed by atoms with Crippen LogP contribution in [0.15, 0.2) is 24.3 Å². The van der Waals surface area contributed by atoms with Crippen molar-refractivity contribution in [2.75, 3.05) is 7.11 Å². The number of benzene rings is 1. The van der Waals surface area contributed by atoms with Gasteiger partial charge in [0.2, 0.25) is 0 Å². The predicted octanol–water partition coefficient (Wildman–Crippen LogP) is -0.307. The molecular formula is C10H16CaO6. The van der Waals surface area contributed by atoms with Crippen molar-refractivity contribution in [2.24, 2.45) is 0 Å². The molecule has 0 fully saturated rings. The van der Waals surface area contributed by atoms with Crippen LogP contribution in [0.2, 0.25) is 0 Å². The molecule has 0 unspecified atom stereocenters. The second kappa shape index (κ2) is 10.4. The Bertz CT molecular complexity index is 386. The van der Waals surface area contributed by atoms with E-state index >= 15 is 0 Å². The van der Waals surface area contributed by atoms with Gasteiger partial charge in [-0.1, -0.05) is 6.07 Å². The fourth-order valence-electron chi connectivity index (χ4n) is 0.965. The Morgan fingerprint density at radius 1 is 1.41 bits per heavy atom. The maximum Gasteiger partial charge on any atom is 2.00 e. The molecule has 0 aliphatic heterocycles. The van der Waals surface area contributed by atoms with Crippen LogP contribution in [0.5, 0.6) is 11.5 Å². The number of carbonyl (C=O) groups is 1. The van der Waals surface area contributed by atoms with Crippen LogP contribution >= 0.6 is 0 Å². The van der Waals surface area contributed by atoms with Gasteiger partial charge in [-0.2, -0.15) is 0 Å². The first-order valence-corrected chi connectivity index (χ1v) is 3.91. The normalized spacial score (nSPS) is 8.53. The van der Waals surface area contributed by atoms with Crippen molar-refractivity contribution in [3.63, 3.8) is 0 Å². The average Bonchev–Trinajstić information content (AvgIpc) is 2.16. The first-order chi connectivity index (χ1) is 6.63. The van der Waals surface area contributed by atoms with Crippen LogP contribution < -0.4 is 4.74 Å². The molecule has 17 heavy (non-hydrogen) atoms. The average molecular weight is 272 g/mol. The summed E-state index contributed by atoms with van der Waals surface area (Å²) in [6.07, 6.45) is 2.44. The molecular weight excluding hydrogens is 256 g/mol. The van der Waals surface area contributed by atoms with Crippen LogP contribution in [0.4, 0.5) is 0 Å². The summed E-state index contributed by atoms with van der Waals surface area (Å²) in [5.74, 6) is -0.672. The van der Waals surface area contributed by atoms with E-state index in [2.05, 4.69) is 0 Å². The topological polar surface area (TPSA) is 130 Å². The fraction of sp³-hybridized carbons (Fsp3) is 0.100. The van der Waals surface area contributed by atoms with Gasteiger partial charge in [0.1, 0.15) is 0 Å². The van der Waals surface area contributed by atoms with Gasteiger partial charge >= 0.3 is 43.7 Å². The molecule has 0 saturated carbocycles. The van der Waals surface area contributed by atoms with E-state index in [1.165, 1.54) is 19.3 Å². The Morgan fingerprint density at radius 3 is 2.47 bits per heavy atom. The van der Waals surface area contributed by atoms with Gasteiger partial charge in [-0.15, -0.1) is 0 Å². The molecule has 0 bridgehead atoms. The third-order valence-electron chi connectivity index (χ3n) is 1.62. The Hall–Kier alpha value is -0.790. The summed E-state index contributed by atoms with van der Waals surface area (Å²) in [7, 11) is 1.43. The van der Waals surface area contributed by atoms with Crippen molar-refractivity contribution >= 4 is 49.8 Å². The molecule has 6 nitrogen and oxygen atoms in total. The summed E-state index contributed by atoms with van der Waals surface area (Å²) in [4.78, 5) is 10.2. The van der Waals surface area contributed by atoms with E-state index in [0.29, 0.717) is 11.3 Å². The number of phenolic OH excluding ortho intramolecular Hbond substituents is 1. The molecule has 0 heterocycles. The first-order valence-electron chi connectivity index (χ1n) is 3.91. The van der Waals surface area contributed by atoms with Crippen molar-refractivity contribution in [3.05, 3.63) is 29.8 Å². The third kappa shape index (κ3) is 7.19. The number of hydrogen-bond acceptors (Lipinski definition) is 3. The SMILES string of the molecule is COc1cc(C=CC(=O)O)ccc1O.O.O.[Ca+2].[H-].[H-]. The molecule has 0 saturated heterocycles. The zero-order chi connectivity index (χ0) is 10.6. The van der Waals surface area contributed by atoms with Crippen LogP contribution in [0.25, 0.3) is 6.08 Å². The van der Waals surface area contributed by atoms with Gasteiger partial charge < -0.3 is 28.8 Å². The van der Waals surface area contributed by atoms with Crippen LogP contribution in [0.1, 0.15) is 8.42 Å².